The van der Waals surface area contributed by atoms with Gasteiger partial charge in [-0.3, -0.25) is 4.79 Å². The number of methoxy groups -OCH3 is 1. The van der Waals surface area contributed by atoms with Crippen LogP contribution in [0.4, 0.5) is 4.39 Å². The summed E-state index contributed by atoms with van der Waals surface area (Å²) >= 11 is 0. The fourth-order valence-corrected chi connectivity index (χ4v) is 4.24. The van der Waals surface area contributed by atoms with E-state index in [4.69, 9.17) is 4.74 Å². The van der Waals surface area contributed by atoms with Gasteiger partial charge in [-0.25, -0.2) is 18.7 Å². The van der Waals surface area contributed by atoms with Crippen LogP contribution in [0.5, 0.6) is 5.75 Å². The largest absolute Gasteiger partial charge is 0.494 e. The maximum absolute atomic E-state index is 15.0. The molecule has 1 fully saturated rings. The molecule has 1 N–H and O–H groups in total. The number of pyridine rings is 1. The number of carbonyl (C=O) groups excluding carboxylic acids is 1. The lowest BCUT2D eigenvalue weighted by atomic mass is 10.1. The van der Waals surface area contributed by atoms with E-state index in [-0.39, 0.29) is 23.6 Å². The summed E-state index contributed by atoms with van der Waals surface area (Å²) in [6.45, 7) is 0.286. The van der Waals surface area contributed by atoms with Crippen LogP contribution in [0.2, 0.25) is 0 Å². The number of carbonyl (C=O) groups is 1. The molecule has 0 spiro atoms. The Morgan fingerprint density at radius 3 is 2.86 bits per heavy atom. The van der Waals surface area contributed by atoms with Crippen molar-refractivity contribution in [2.24, 2.45) is 0 Å². The fraction of sp³-hybridized carbons (Fsp3) is 0.240. The molecule has 6 rings (SSSR count). The summed E-state index contributed by atoms with van der Waals surface area (Å²) in [5, 5.41) is 14.9. The van der Waals surface area contributed by atoms with Crippen molar-refractivity contribution >= 4 is 11.6 Å². The summed E-state index contributed by atoms with van der Waals surface area (Å²) in [7, 11) is 1.39. The molecule has 0 bridgehead atoms. The standard InChI is InChI=1S/C25H23FN8O2/c1-36-22-7-6-21(34-10-2-9-28-34)19(24(22)26)11-27-25(35)20-15-33(31-30-20)14-18-13-32-12-17(16-3-4-16)5-8-23(32)29-18/h2,5-10,12-13,15-16H,3-4,11,14H2,1H3,(H,27,35). The molecular weight excluding hydrogens is 463 g/mol. The Morgan fingerprint density at radius 2 is 2.08 bits per heavy atom. The summed E-state index contributed by atoms with van der Waals surface area (Å²) in [5.74, 6) is -0.291. The summed E-state index contributed by atoms with van der Waals surface area (Å²) in [5.41, 5.74) is 3.86. The first-order valence-electron chi connectivity index (χ1n) is 11.6. The molecule has 4 aromatic heterocycles. The Morgan fingerprint density at radius 1 is 1.19 bits per heavy atom. The fourth-order valence-electron chi connectivity index (χ4n) is 4.24. The van der Waals surface area contributed by atoms with Crippen molar-refractivity contribution < 1.29 is 13.9 Å². The molecule has 36 heavy (non-hydrogen) atoms. The van der Waals surface area contributed by atoms with E-state index in [9.17, 15) is 4.79 Å². The zero-order valence-electron chi connectivity index (χ0n) is 19.5. The van der Waals surface area contributed by atoms with E-state index in [1.807, 2.05) is 16.7 Å². The normalized spacial score (nSPS) is 13.3. The van der Waals surface area contributed by atoms with Gasteiger partial charge in [-0.05, 0) is 48.6 Å². The molecule has 1 saturated carbocycles. The maximum Gasteiger partial charge on any atom is 0.273 e. The monoisotopic (exact) mass is 486 g/mol. The van der Waals surface area contributed by atoms with E-state index >= 15 is 4.39 Å². The van der Waals surface area contributed by atoms with Gasteiger partial charge in [0.1, 0.15) is 5.65 Å². The Hall–Kier alpha value is -4.54. The number of hydrogen-bond acceptors (Lipinski definition) is 6. The molecule has 182 valence electrons. The van der Waals surface area contributed by atoms with E-state index in [2.05, 4.69) is 38.0 Å². The van der Waals surface area contributed by atoms with Crippen molar-refractivity contribution in [3.8, 4) is 11.4 Å². The Labute approximate surface area is 205 Å². The average molecular weight is 487 g/mol. The van der Waals surface area contributed by atoms with Crippen molar-refractivity contribution in [2.75, 3.05) is 7.11 Å². The molecule has 5 aromatic rings. The Balaban J connectivity index is 1.16. The lowest BCUT2D eigenvalue weighted by Gasteiger charge is -2.14. The van der Waals surface area contributed by atoms with Crippen molar-refractivity contribution in [3.63, 3.8) is 0 Å². The van der Waals surface area contributed by atoms with Gasteiger partial charge >= 0.3 is 0 Å². The first-order valence-corrected chi connectivity index (χ1v) is 11.6. The molecule has 0 radical (unpaired) electrons. The Bertz CT molecular complexity index is 1550. The van der Waals surface area contributed by atoms with Crippen molar-refractivity contribution in [2.45, 2.75) is 31.8 Å². The number of ether oxygens (including phenoxy) is 1. The van der Waals surface area contributed by atoms with Gasteiger partial charge in [0.05, 0.1) is 31.2 Å². The van der Waals surface area contributed by atoms with Crippen LogP contribution in [-0.2, 0) is 13.1 Å². The minimum absolute atomic E-state index is 0.0813. The molecule has 11 heteroatoms. The van der Waals surface area contributed by atoms with Gasteiger partial charge < -0.3 is 14.5 Å². The zero-order valence-corrected chi connectivity index (χ0v) is 19.5. The van der Waals surface area contributed by atoms with Crippen molar-refractivity contribution in [1.29, 1.82) is 0 Å². The maximum atomic E-state index is 15.0. The highest BCUT2D eigenvalue weighted by atomic mass is 19.1. The molecule has 0 aliphatic heterocycles. The summed E-state index contributed by atoms with van der Waals surface area (Å²) in [4.78, 5) is 17.4. The third-order valence-corrected chi connectivity index (χ3v) is 6.25. The van der Waals surface area contributed by atoms with Gasteiger partial charge in [-0.15, -0.1) is 5.10 Å². The van der Waals surface area contributed by atoms with Crippen LogP contribution >= 0.6 is 0 Å². The van der Waals surface area contributed by atoms with E-state index in [0.717, 1.165) is 11.3 Å². The molecule has 0 atom stereocenters. The predicted molar refractivity (Wildman–Crippen MR) is 128 cm³/mol. The number of amides is 1. The van der Waals surface area contributed by atoms with Gasteiger partial charge in [0, 0.05) is 36.9 Å². The Kier molecular flexibility index (Phi) is 5.44. The second kappa shape index (κ2) is 8.91. The van der Waals surface area contributed by atoms with Crippen LogP contribution in [0.25, 0.3) is 11.3 Å². The van der Waals surface area contributed by atoms with Crippen molar-refractivity contribution in [3.05, 3.63) is 89.6 Å². The molecule has 1 amide bonds. The SMILES string of the molecule is COc1ccc(-n2cccn2)c(CNC(=O)c2cn(Cc3cn4cc(C5CC5)ccc4n3)nn2)c1F. The highest BCUT2D eigenvalue weighted by molar-refractivity contribution is 5.91. The third kappa shape index (κ3) is 4.19. The number of halogens is 1. The first-order chi connectivity index (χ1) is 17.6. The van der Waals surface area contributed by atoms with Gasteiger partial charge in [0.2, 0.25) is 0 Å². The lowest BCUT2D eigenvalue weighted by molar-refractivity contribution is 0.0945. The number of aromatic nitrogens is 7. The molecule has 1 aromatic carbocycles. The molecular formula is C25H23FN8O2. The highest BCUT2D eigenvalue weighted by Gasteiger charge is 2.24. The van der Waals surface area contributed by atoms with E-state index in [0.29, 0.717) is 18.2 Å². The zero-order chi connectivity index (χ0) is 24.6. The molecule has 10 nitrogen and oxygen atoms in total. The number of rotatable bonds is 8. The number of imidazole rings is 1. The molecule has 1 aliphatic rings. The van der Waals surface area contributed by atoms with Crippen LogP contribution in [0.1, 0.15) is 46.1 Å². The second-order valence-electron chi connectivity index (χ2n) is 8.75. The summed E-state index contributed by atoms with van der Waals surface area (Å²) < 4.78 is 25.2. The highest BCUT2D eigenvalue weighted by Crippen LogP contribution is 2.39. The number of fused-ring (bicyclic) bond motifs is 1. The molecule has 0 saturated heterocycles. The number of nitrogens with zero attached hydrogens (tertiary/aromatic N) is 7. The molecule has 0 unspecified atom stereocenters. The van der Waals surface area contributed by atoms with E-state index in [1.165, 1.54) is 36.3 Å². The third-order valence-electron chi connectivity index (χ3n) is 6.25. The van der Waals surface area contributed by atoms with E-state index in [1.54, 1.807) is 35.4 Å². The topological polar surface area (TPSA) is 104 Å². The lowest BCUT2D eigenvalue weighted by Crippen LogP contribution is -2.25. The smallest absolute Gasteiger partial charge is 0.273 e. The first kappa shape index (κ1) is 22.0. The van der Waals surface area contributed by atoms with Gasteiger partial charge in [-0.1, -0.05) is 11.3 Å². The van der Waals surface area contributed by atoms with E-state index < -0.39 is 11.7 Å². The van der Waals surface area contributed by atoms with Gasteiger partial charge in [0.15, 0.2) is 17.3 Å². The van der Waals surface area contributed by atoms with Gasteiger partial charge in [-0.2, -0.15) is 5.10 Å². The molecule has 1 aliphatic carbocycles. The van der Waals surface area contributed by atoms with Crippen LogP contribution in [0.3, 0.4) is 0 Å². The minimum atomic E-state index is -0.564. The number of hydrogen-bond donors (Lipinski definition) is 1. The van der Waals surface area contributed by atoms with Crippen LogP contribution in [0, 0.1) is 5.82 Å². The second-order valence-corrected chi connectivity index (χ2v) is 8.75. The summed E-state index contributed by atoms with van der Waals surface area (Å²) in [6, 6.07) is 9.10. The predicted octanol–water partition coefficient (Wildman–Crippen LogP) is 3.11. The molecule has 4 heterocycles. The van der Waals surface area contributed by atoms with Crippen molar-refractivity contribution in [1.82, 2.24) is 39.5 Å². The quantitative estimate of drug-likeness (QED) is 0.361. The average Bonchev–Trinajstić information content (AvgIpc) is 3.24. The van der Waals surface area contributed by atoms with Crippen LogP contribution in [0.15, 0.2) is 61.3 Å². The summed E-state index contributed by atoms with van der Waals surface area (Å²) in [6.07, 6.45) is 11.4. The van der Waals surface area contributed by atoms with Crippen LogP contribution in [-0.4, -0.2) is 47.2 Å². The van der Waals surface area contributed by atoms with Gasteiger partial charge in [0.25, 0.3) is 5.91 Å². The minimum Gasteiger partial charge on any atom is -0.494 e. The van der Waals surface area contributed by atoms with Crippen LogP contribution < -0.4 is 10.1 Å². The number of benzene rings is 1. The number of nitrogens with one attached hydrogen (secondary N) is 1.